The van der Waals surface area contributed by atoms with Crippen LogP contribution in [0.15, 0.2) is 30.5 Å². The van der Waals surface area contributed by atoms with Gasteiger partial charge in [-0.3, -0.25) is 15.3 Å². The second-order valence-electron chi connectivity index (χ2n) is 2.91. The fourth-order valence-corrected chi connectivity index (χ4v) is 1.38. The van der Waals surface area contributed by atoms with Crippen molar-refractivity contribution in [3.05, 3.63) is 36.0 Å². The molecule has 1 radical (unpaired) electrons. The van der Waals surface area contributed by atoms with E-state index in [1.807, 2.05) is 6.07 Å². The number of ketones is 1. The molecule has 69 valence electrons. The summed E-state index contributed by atoms with van der Waals surface area (Å²) in [6.07, 6.45) is 1.46. The van der Waals surface area contributed by atoms with Crippen LogP contribution in [0.2, 0.25) is 0 Å². The van der Waals surface area contributed by atoms with E-state index >= 15 is 0 Å². The highest BCUT2D eigenvalue weighted by Crippen LogP contribution is 2.17. The van der Waals surface area contributed by atoms with E-state index < -0.39 is 11.7 Å². The molecule has 1 heterocycles. The van der Waals surface area contributed by atoms with Crippen molar-refractivity contribution in [2.24, 2.45) is 0 Å². The average molecular weight is 187 g/mol. The Balaban J connectivity index is 2.64. The number of fused-ring (bicyclic) bond motifs is 1. The maximum atomic E-state index is 11.3. The quantitative estimate of drug-likeness (QED) is 0.565. The van der Waals surface area contributed by atoms with E-state index in [1.54, 1.807) is 18.2 Å². The Labute approximate surface area is 79.7 Å². The fourth-order valence-electron chi connectivity index (χ4n) is 1.38. The number of benzene rings is 1. The van der Waals surface area contributed by atoms with Crippen molar-refractivity contribution in [1.29, 1.82) is 0 Å². The third-order valence-corrected chi connectivity index (χ3v) is 2.04. The summed E-state index contributed by atoms with van der Waals surface area (Å²) >= 11 is 0. The van der Waals surface area contributed by atoms with Gasteiger partial charge in [0.2, 0.25) is 0 Å². The molecule has 0 spiro atoms. The lowest BCUT2D eigenvalue weighted by Gasteiger charge is -1.92. The Bertz CT molecular complexity index is 514. The molecular weight excluding hydrogens is 180 g/mol. The number of amides is 1. The number of H-pyrrole nitrogens is 1. The van der Waals surface area contributed by atoms with Crippen molar-refractivity contribution in [2.45, 2.75) is 0 Å². The van der Waals surface area contributed by atoms with Gasteiger partial charge in [0.05, 0.1) is 5.56 Å². The zero-order chi connectivity index (χ0) is 10.1. The molecule has 0 saturated carbocycles. The summed E-state index contributed by atoms with van der Waals surface area (Å²) in [6.45, 7) is 0. The number of hydrogen-bond donors (Lipinski definition) is 1. The average Bonchev–Trinajstić information content (AvgIpc) is 2.60. The maximum absolute atomic E-state index is 11.3. The summed E-state index contributed by atoms with van der Waals surface area (Å²) in [5.74, 6) is -1.96. The monoisotopic (exact) mass is 187 g/mol. The zero-order valence-corrected chi connectivity index (χ0v) is 7.20. The molecule has 0 aliphatic rings. The van der Waals surface area contributed by atoms with E-state index in [2.05, 4.69) is 4.98 Å². The predicted molar refractivity (Wildman–Crippen MR) is 50.7 cm³/mol. The normalized spacial score (nSPS) is 10.3. The molecule has 0 aliphatic carbocycles. The van der Waals surface area contributed by atoms with Crippen molar-refractivity contribution < 1.29 is 9.59 Å². The highest BCUT2D eigenvalue weighted by Gasteiger charge is 2.16. The Morgan fingerprint density at radius 1 is 1.21 bits per heavy atom. The van der Waals surface area contributed by atoms with E-state index in [0.717, 1.165) is 5.52 Å². The molecule has 4 heteroatoms. The molecule has 4 nitrogen and oxygen atoms in total. The minimum Gasteiger partial charge on any atom is -0.360 e. The van der Waals surface area contributed by atoms with Gasteiger partial charge in [-0.1, -0.05) is 18.2 Å². The van der Waals surface area contributed by atoms with Gasteiger partial charge in [-0.05, 0) is 6.07 Å². The Hall–Kier alpha value is -2.10. The van der Waals surface area contributed by atoms with E-state index in [-0.39, 0.29) is 5.56 Å². The summed E-state index contributed by atoms with van der Waals surface area (Å²) < 4.78 is 0. The summed E-state index contributed by atoms with van der Waals surface area (Å²) in [5, 5.41) is 0.679. The van der Waals surface area contributed by atoms with Gasteiger partial charge in [-0.2, -0.15) is 0 Å². The Morgan fingerprint density at radius 2 is 1.93 bits per heavy atom. The third kappa shape index (κ3) is 1.17. The minimum absolute atomic E-state index is 0.264. The van der Waals surface area contributed by atoms with Gasteiger partial charge in [0.25, 0.3) is 5.78 Å². The highest BCUT2D eigenvalue weighted by molar-refractivity contribution is 6.44. The lowest BCUT2D eigenvalue weighted by atomic mass is 10.1. The summed E-state index contributed by atoms with van der Waals surface area (Å²) in [6, 6.07) is 7.15. The molecule has 0 aliphatic heterocycles. The minimum atomic E-state index is -1.19. The van der Waals surface area contributed by atoms with Crippen LogP contribution in [-0.4, -0.2) is 16.7 Å². The molecule has 14 heavy (non-hydrogen) atoms. The van der Waals surface area contributed by atoms with Crippen molar-refractivity contribution in [2.75, 3.05) is 0 Å². The number of hydrogen-bond acceptors (Lipinski definition) is 2. The van der Waals surface area contributed by atoms with Gasteiger partial charge < -0.3 is 4.98 Å². The number of Topliss-reactive ketones (excluding diaryl/α,β-unsaturated/α-hetero) is 1. The number of carbonyl (C=O) groups is 2. The fraction of sp³-hybridized carbons (Fsp3) is 0. The number of rotatable bonds is 2. The van der Waals surface area contributed by atoms with Gasteiger partial charge in [0.1, 0.15) is 0 Å². The molecule has 0 fully saturated rings. The Morgan fingerprint density at radius 3 is 2.64 bits per heavy atom. The lowest BCUT2D eigenvalue weighted by molar-refractivity contribution is -0.114. The lowest BCUT2D eigenvalue weighted by Crippen LogP contribution is -2.13. The zero-order valence-electron chi connectivity index (χ0n) is 7.20. The van der Waals surface area contributed by atoms with Gasteiger partial charge in [0, 0.05) is 17.1 Å². The van der Waals surface area contributed by atoms with Crippen molar-refractivity contribution in [3.63, 3.8) is 0 Å². The van der Waals surface area contributed by atoms with E-state index in [1.165, 1.54) is 6.20 Å². The van der Waals surface area contributed by atoms with Crippen LogP contribution in [-0.2, 0) is 4.79 Å². The van der Waals surface area contributed by atoms with Gasteiger partial charge >= 0.3 is 5.91 Å². The van der Waals surface area contributed by atoms with Crippen LogP contribution in [0.25, 0.3) is 10.9 Å². The first kappa shape index (κ1) is 8.50. The maximum Gasteiger partial charge on any atom is 0.310 e. The van der Waals surface area contributed by atoms with Gasteiger partial charge in [-0.25, -0.2) is 0 Å². The highest BCUT2D eigenvalue weighted by atomic mass is 16.2. The number of aromatic nitrogens is 1. The number of para-hydroxylation sites is 1. The molecule has 2 aromatic rings. The number of carbonyl (C=O) groups excluding carboxylic acids is 2. The SMILES string of the molecule is [NH]C(=O)C(=O)c1c[nH]c2ccccc12. The molecule has 1 aromatic heterocycles. The second kappa shape index (κ2) is 2.99. The first-order valence-corrected chi connectivity index (χ1v) is 4.06. The molecular formula is C10H7N2O2. The Kier molecular flexibility index (Phi) is 1.81. The summed E-state index contributed by atoms with van der Waals surface area (Å²) in [4.78, 5) is 24.7. The molecule has 2 rings (SSSR count). The van der Waals surface area contributed by atoms with Gasteiger partial charge in [-0.15, -0.1) is 0 Å². The topological polar surface area (TPSA) is 73.7 Å². The molecule has 0 saturated heterocycles. The van der Waals surface area contributed by atoms with E-state index in [9.17, 15) is 9.59 Å². The van der Waals surface area contributed by atoms with Crippen molar-refractivity contribution >= 4 is 22.6 Å². The van der Waals surface area contributed by atoms with Crippen LogP contribution >= 0.6 is 0 Å². The van der Waals surface area contributed by atoms with Crippen LogP contribution in [0.5, 0.6) is 0 Å². The number of aromatic amines is 1. The first-order chi connectivity index (χ1) is 6.70. The van der Waals surface area contributed by atoms with E-state index in [0.29, 0.717) is 5.39 Å². The molecule has 0 bridgehead atoms. The van der Waals surface area contributed by atoms with Crippen LogP contribution in [0.1, 0.15) is 10.4 Å². The predicted octanol–water partition coefficient (Wildman–Crippen LogP) is 1.16. The second-order valence-corrected chi connectivity index (χ2v) is 2.91. The largest absolute Gasteiger partial charge is 0.360 e. The number of nitrogens with one attached hydrogen (secondary N) is 2. The first-order valence-electron chi connectivity index (χ1n) is 4.06. The third-order valence-electron chi connectivity index (χ3n) is 2.04. The van der Waals surface area contributed by atoms with Gasteiger partial charge in [0.15, 0.2) is 0 Å². The molecule has 2 N–H and O–H groups in total. The van der Waals surface area contributed by atoms with Crippen LogP contribution in [0.4, 0.5) is 0 Å². The van der Waals surface area contributed by atoms with Crippen molar-refractivity contribution in [1.82, 2.24) is 10.7 Å². The van der Waals surface area contributed by atoms with Crippen LogP contribution in [0, 0.1) is 0 Å². The molecule has 0 unspecified atom stereocenters. The van der Waals surface area contributed by atoms with Crippen LogP contribution < -0.4 is 5.73 Å². The van der Waals surface area contributed by atoms with Crippen LogP contribution in [0.3, 0.4) is 0 Å². The smallest absolute Gasteiger partial charge is 0.310 e. The summed E-state index contributed by atoms with van der Waals surface area (Å²) in [5.41, 5.74) is 7.79. The summed E-state index contributed by atoms with van der Waals surface area (Å²) in [7, 11) is 0. The molecule has 1 aromatic carbocycles. The molecule has 1 amide bonds. The molecule has 0 atom stereocenters. The standard InChI is InChI=1S/C10H7N2O2/c11-10(14)9(13)7-5-12-8-4-2-1-3-6(7)8/h1-5,11-12H. The van der Waals surface area contributed by atoms with E-state index in [4.69, 9.17) is 5.73 Å². The van der Waals surface area contributed by atoms with Crippen molar-refractivity contribution in [3.8, 4) is 0 Å².